The van der Waals surface area contributed by atoms with Gasteiger partial charge in [-0.1, -0.05) is 18.2 Å². The van der Waals surface area contributed by atoms with Gasteiger partial charge < -0.3 is 23.7 Å². The maximum Gasteiger partial charge on any atom is 0.161 e. The van der Waals surface area contributed by atoms with Crippen molar-refractivity contribution in [2.24, 2.45) is 0 Å². The van der Waals surface area contributed by atoms with Crippen molar-refractivity contribution >= 4 is 0 Å². The quantitative estimate of drug-likeness (QED) is 0.366. The lowest BCUT2D eigenvalue weighted by Gasteiger charge is -2.25. The van der Waals surface area contributed by atoms with Gasteiger partial charge in [0.05, 0.1) is 27.4 Å². The van der Waals surface area contributed by atoms with Crippen molar-refractivity contribution in [3.63, 3.8) is 0 Å². The summed E-state index contributed by atoms with van der Waals surface area (Å²) in [5.41, 5.74) is 0.0699. The van der Waals surface area contributed by atoms with Crippen LogP contribution in [0, 0.1) is 0 Å². The van der Waals surface area contributed by atoms with E-state index in [-0.39, 0.29) is 0 Å². The fourth-order valence-corrected chi connectivity index (χ4v) is 3.66. The number of nitrogens with zero attached hydrogens (tertiary/aromatic N) is 1. The zero-order valence-corrected chi connectivity index (χ0v) is 19.6. The highest BCUT2D eigenvalue weighted by Crippen LogP contribution is 2.34. The predicted octanol–water partition coefficient (Wildman–Crippen LogP) is 5.07. The van der Waals surface area contributed by atoms with E-state index in [9.17, 15) is 5.11 Å². The summed E-state index contributed by atoms with van der Waals surface area (Å²) in [6.45, 7) is 10.2. The number of methoxy groups -OCH3 is 3. The molecule has 0 fully saturated rings. The lowest BCUT2D eigenvalue weighted by molar-refractivity contribution is -0.00227. The summed E-state index contributed by atoms with van der Waals surface area (Å²) < 4.78 is 22.2. The topological polar surface area (TPSA) is 64.3 Å². The van der Waals surface area contributed by atoms with Crippen LogP contribution in [0.3, 0.4) is 0 Å². The van der Waals surface area contributed by atoms with E-state index in [2.05, 4.69) is 18.1 Å². The Morgan fingerprint density at radius 2 is 1.66 bits per heavy atom. The predicted molar refractivity (Wildman–Crippen MR) is 127 cm³/mol. The molecule has 2 aromatic rings. The summed E-state index contributed by atoms with van der Waals surface area (Å²) in [6, 6.07) is 9.74. The van der Waals surface area contributed by atoms with E-state index in [0.29, 0.717) is 62.6 Å². The first-order chi connectivity index (χ1) is 15.5. The molecule has 0 aliphatic carbocycles. The molecule has 2 rings (SSSR count). The smallest absolute Gasteiger partial charge is 0.161 e. The van der Waals surface area contributed by atoms with Crippen LogP contribution < -0.4 is 9.47 Å². The second-order valence-corrected chi connectivity index (χ2v) is 7.85. The van der Waals surface area contributed by atoms with Crippen molar-refractivity contribution in [3.05, 3.63) is 72.7 Å². The van der Waals surface area contributed by atoms with Gasteiger partial charge in [-0.3, -0.25) is 4.90 Å². The Morgan fingerprint density at radius 1 is 0.969 bits per heavy atom. The van der Waals surface area contributed by atoms with Gasteiger partial charge in [0.1, 0.15) is 17.1 Å². The molecule has 1 aromatic carbocycles. The Balaban J connectivity index is 2.17. The standard InChI is InChI=1S/C26H37NO5/c1-6-8-14-26(28,15-9-7-2)25-13-11-22(32-25)20-27(16-17-29-3)19-21-10-12-23(30-4)24(18-21)31-5/h6-7,10-13,18,28H,1-2,8-9,14-17,19-20H2,3-5H3. The van der Waals surface area contributed by atoms with Crippen molar-refractivity contribution < 1.29 is 23.7 Å². The molecule has 0 unspecified atom stereocenters. The van der Waals surface area contributed by atoms with Crippen LogP contribution in [0.1, 0.15) is 42.8 Å². The molecule has 0 bridgehead atoms. The molecule has 0 amide bonds. The van der Waals surface area contributed by atoms with Gasteiger partial charge in [-0.05, 0) is 55.5 Å². The Kier molecular flexibility index (Phi) is 10.5. The largest absolute Gasteiger partial charge is 0.493 e. The van der Waals surface area contributed by atoms with Gasteiger partial charge in [-0.2, -0.15) is 0 Å². The summed E-state index contributed by atoms with van der Waals surface area (Å²) >= 11 is 0. The monoisotopic (exact) mass is 443 g/mol. The highest BCUT2D eigenvalue weighted by Gasteiger charge is 2.31. The maximum absolute atomic E-state index is 11.2. The first-order valence-corrected chi connectivity index (χ1v) is 10.9. The summed E-state index contributed by atoms with van der Waals surface area (Å²) in [5, 5.41) is 11.2. The van der Waals surface area contributed by atoms with Gasteiger partial charge in [0.15, 0.2) is 11.5 Å². The number of aliphatic hydroxyl groups is 1. The van der Waals surface area contributed by atoms with Crippen LogP contribution in [0.4, 0.5) is 0 Å². The maximum atomic E-state index is 11.2. The molecule has 1 aromatic heterocycles. The summed E-state index contributed by atoms with van der Waals surface area (Å²) in [4.78, 5) is 2.24. The molecule has 0 saturated heterocycles. The zero-order chi connectivity index (χ0) is 23.4. The number of allylic oxidation sites excluding steroid dienone is 2. The Bertz CT molecular complexity index is 832. The third-order valence-corrected chi connectivity index (χ3v) is 5.49. The van der Waals surface area contributed by atoms with E-state index in [4.69, 9.17) is 18.6 Å². The van der Waals surface area contributed by atoms with E-state index >= 15 is 0 Å². The molecule has 0 atom stereocenters. The van der Waals surface area contributed by atoms with E-state index in [1.807, 2.05) is 42.5 Å². The molecular formula is C26H37NO5. The Morgan fingerprint density at radius 3 is 2.25 bits per heavy atom. The van der Waals surface area contributed by atoms with Crippen molar-refractivity contribution in [2.45, 2.75) is 44.4 Å². The Labute approximate surface area is 192 Å². The van der Waals surface area contributed by atoms with E-state index < -0.39 is 5.60 Å². The number of benzene rings is 1. The minimum atomic E-state index is -1.03. The van der Waals surface area contributed by atoms with Crippen LogP contribution >= 0.6 is 0 Å². The van der Waals surface area contributed by atoms with Crippen molar-refractivity contribution in [2.75, 3.05) is 34.5 Å². The summed E-state index contributed by atoms with van der Waals surface area (Å²) in [5.74, 6) is 2.79. The average Bonchev–Trinajstić information content (AvgIpc) is 3.29. The van der Waals surface area contributed by atoms with Gasteiger partial charge in [-0.15, -0.1) is 13.2 Å². The average molecular weight is 444 g/mol. The number of hydrogen-bond donors (Lipinski definition) is 1. The highest BCUT2D eigenvalue weighted by atomic mass is 16.5. The normalized spacial score (nSPS) is 11.5. The third-order valence-electron chi connectivity index (χ3n) is 5.49. The highest BCUT2D eigenvalue weighted by molar-refractivity contribution is 5.42. The molecule has 0 saturated carbocycles. The van der Waals surface area contributed by atoms with E-state index in [0.717, 1.165) is 17.9 Å². The molecule has 0 radical (unpaired) electrons. The first kappa shape index (κ1) is 25.7. The molecule has 0 spiro atoms. The molecule has 6 nitrogen and oxygen atoms in total. The number of ether oxygens (including phenoxy) is 3. The van der Waals surface area contributed by atoms with Gasteiger partial charge in [0.25, 0.3) is 0 Å². The zero-order valence-electron chi connectivity index (χ0n) is 19.6. The van der Waals surface area contributed by atoms with Gasteiger partial charge >= 0.3 is 0 Å². The van der Waals surface area contributed by atoms with Crippen LogP contribution in [-0.2, 0) is 23.4 Å². The van der Waals surface area contributed by atoms with Crippen molar-refractivity contribution in [3.8, 4) is 11.5 Å². The minimum Gasteiger partial charge on any atom is -0.493 e. The second kappa shape index (κ2) is 13.1. The van der Waals surface area contributed by atoms with Crippen LogP contribution in [-0.4, -0.2) is 44.5 Å². The molecule has 0 aliphatic rings. The molecule has 1 heterocycles. The second-order valence-electron chi connectivity index (χ2n) is 7.85. The molecule has 6 heteroatoms. The number of furan rings is 1. The van der Waals surface area contributed by atoms with Crippen molar-refractivity contribution in [1.29, 1.82) is 0 Å². The first-order valence-electron chi connectivity index (χ1n) is 10.9. The van der Waals surface area contributed by atoms with Crippen LogP contribution in [0.25, 0.3) is 0 Å². The van der Waals surface area contributed by atoms with E-state index in [1.54, 1.807) is 21.3 Å². The summed E-state index contributed by atoms with van der Waals surface area (Å²) in [7, 11) is 4.95. The molecule has 176 valence electrons. The molecule has 32 heavy (non-hydrogen) atoms. The van der Waals surface area contributed by atoms with Gasteiger partial charge in [0.2, 0.25) is 0 Å². The molecule has 0 aliphatic heterocycles. The van der Waals surface area contributed by atoms with Crippen molar-refractivity contribution in [1.82, 2.24) is 4.90 Å². The third kappa shape index (κ3) is 7.26. The SMILES string of the molecule is C=CCCC(O)(CCC=C)c1ccc(CN(CCOC)Cc2ccc(OC)c(OC)c2)o1. The lowest BCUT2D eigenvalue weighted by Crippen LogP contribution is -2.27. The summed E-state index contributed by atoms with van der Waals surface area (Å²) in [6.07, 6.45) is 6.19. The van der Waals surface area contributed by atoms with Crippen LogP contribution in [0.5, 0.6) is 11.5 Å². The Hall–Kier alpha value is -2.54. The van der Waals surface area contributed by atoms with Gasteiger partial charge in [-0.25, -0.2) is 0 Å². The number of rotatable bonds is 16. The van der Waals surface area contributed by atoms with E-state index in [1.165, 1.54) is 0 Å². The fourth-order valence-electron chi connectivity index (χ4n) is 3.66. The van der Waals surface area contributed by atoms with Crippen LogP contribution in [0.2, 0.25) is 0 Å². The van der Waals surface area contributed by atoms with Crippen LogP contribution in [0.15, 0.2) is 60.1 Å². The minimum absolute atomic E-state index is 0.566. The number of hydrogen-bond acceptors (Lipinski definition) is 6. The van der Waals surface area contributed by atoms with Gasteiger partial charge in [0, 0.05) is 20.2 Å². The fraction of sp³-hybridized carbons (Fsp3) is 0.462. The lowest BCUT2D eigenvalue weighted by atomic mass is 9.89. The molecule has 1 N–H and O–H groups in total. The molecular weight excluding hydrogens is 406 g/mol.